The molecule has 3 N–H and O–H groups in total. The van der Waals surface area contributed by atoms with Gasteiger partial charge in [0.05, 0.1) is 35.3 Å². The molecule has 3 aromatic heterocycles. The van der Waals surface area contributed by atoms with E-state index in [-0.39, 0.29) is 11.6 Å². The lowest BCUT2D eigenvalue weighted by Crippen LogP contribution is -2.14. The minimum Gasteiger partial charge on any atom is -0.481 e. The molecule has 0 unspecified atom stereocenters. The van der Waals surface area contributed by atoms with Crippen LogP contribution in [0.2, 0.25) is 0 Å². The maximum absolute atomic E-state index is 12.7. The van der Waals surface area contributed by atoms with Gasteiger partial charge in [-0.2, -0.15) is 4.37 Å². The number of amides is 2. The van der Waals surface area contributed by atoms with Crippen LogP contribution in [0.1, 0.15) is 36.4 Å². The van der Waals surface area contributed by atoms with Crippen LogP contribution in [0.15, 0.2) is 23.7 Å². The molecule has 134 valence electrons. The first-order chi connectivity index (χ1) is 12.5. The van der Waals surface area contributed by atoms with E-state index in [1.54, 1.807) is 24.4 Å². The molecule has 3 heterocycles. The van der Waals surface area contributed by atoms with Gasteiger partial charge in [-0.1, -0.05) is 0 Å². The van der Waals surface area contributed by atoms with E-state index < -0.39 is 5.91 Å². The largest absolute Gasteiger partial charge is 0.481 e. The molecule has 3 aromatic rings. The molecular formula is C16H15N5O3S2. The summed E-state index contributed by atoms with van der Waals surface area (Å²) in [6.45, 7) is 1.78. The fourth-order valence-electron chi connectivity index (χ4n) is 2.24. The molecule has 2 amide bonds. The Balaban J connectivity index is 1.79. The molecule has 0 saturated carbocycles. The number of carbonyl (C=O) groups excluding carboxylic acids is 2. The molecular weight excluding hydrogens is 374 g/mol. The summed E-state index contributed by atoms with van der Waals surface area (Å²) in [4.78, 5) is 32.9. The van der Waals surface area contributed by atoms with E-state index in [4.69, 9.17) is 10.5 Å². The fourth-order valence-corrected chi connectivity index (χ4v) is 4.00. The van der Waals surface area contributed by atoms with Crippen molar-refractivity contribution in [2.75, 3.05) is 12.4 Å². The van der Waals surface area contributed by atoms with Crippen molar-refractivity contribution >= 4 is 40.4 Å². The molecule has 3 rings (SSSR count). The number of carbonyl (C=O) groups is 2. The number of primary amides is 1. The lowest BCUT2D eigenvalue weighted by atomic mass is 10.1. The van der Waals surface area contributed by atoms with Crippen molar-refractivity contribution in [2.45, 2.75) is 13.3 Å². The Hall–Kier alpha value is -2.85. The van der Waals surface area contributed by atoms with Gasteiger partial charge >= 0.3 is 0 Å². The highest BCUT2D eigenvalue weighted by atomic mass is 32.1. The monoisotopic (exact) mass is 389 g/mol. The van der Waals surface area contributed by atoms with Crippen molar-refractivity contribution in [3.63, 3.8) is 0 Å². The number of rotatable bonds is 6. The van der Waals surface area contributed by atoms with Crippen molar-refractivity contribution < 1.29 is 14.3 Å². The summed E-state index contributed by atoms with van der Waals surface area (Å²) in [7, 11) is 1.52. The van der Waals surface area contributed by atoms with Crippen molar-refractivity contribution in [3.05, 3.63) is 50.5 Å². The fraction of sp³-hybridized carbons (Fsp3) is 0.188. The van der Waals surface area contributed by atoms with Gasteiger partial charge in [-0.15, -0.1) is 11.3 Å². The summed E-state index contributed by atoms with van der Waals surface area (Å²) >= 11 is 2.56. The van der Waals surface area contributed by atoms with Crippen LogP contribution in [-0.2, 0) is 6.42 Å². The molecule has 10 heteroatoms. The number of ether oxygens (including phenoxy) is 1. The van der Waals surface area contributed by atoms with Crippen molar-refractivity contribution in [1.29, 1.82) is 0 Å². The number of methoxy groups -OCH3 is 1. The predicted molar refractivity (Wildman–Crippen MR) is 99.0 cm³/mol. The number of pyridine rings is 1. The Bertz CT molecular complexity index is 949. The van der Waals surface area contributed by atoms with E-state index >= 15 is 0 Å². The standard InChI is InChI=1S/C16H15N5O3S2/c1-8-14(16(23)19-9-3-4-12(24-2)18-6-9)11(26-21-8)5-13-20-10(7-25-13)15(17)22/h3-4,6-7H,5H2,1-2H3,(H2,17,22)(H,19,23). The molecule has 26 heavy (non-hydrogen) atoms. The van der Waals surface area contributed by atoms with Crippen LogP contribution < -0.4 is 15.8 Å². The lowest BCUT2D eigenvalue weighted by molar-refractivity contribution is 0.0993. The van der Waals surface area contributed by atoms with Gasteiger partial charge < -0.3 is 15.8 Å². The maximum atomic E-state index is 12.7. The van der Waals surface area contributed by atoms with Crippen molar-refractivity contribution in [3.8, 4) is 5.88 Å². The molecule has 8 nitrogen and oxygen atoms in total. The second-order valence-corrected chi connectivity index (χ2v) is 7.08. The summed E-state index contributed by atoms with van der Waals surface area (Å²) in [5.74, 6) is -0.381. The molecule has 0 fully saturated rings. The minimum absolute atomic E-state index is 0.224. The zero-order valence-corrected chi connectivity index (χ0v) is 15.6. The third-order valence-electron chi connectivity index (χ3n) is 3.48. The molecule has 0 radical (unpaired) electrons. The molecule has 0 bridgehead atoms. The average Bonchev–Trinajstić information content (AvgIpc) is 3.23. The van der Waals surface area contributed by atoms with E-state index in [9.17, 15) is 9.59 Å². The SMILES string of the molecule is COc1ccc(NC(=O)c2c(C)nsc2Cc2nc(C(N)=O)cs2)cn1. The van der Waals surface area contributed by atoms with Crippen molar-refractivity contribution in [2.24, 2.45) is 5.73 Å². The smallest absolute Gasteiger partial charge is 0.268 e. The zero-order valence-electron chi connectivity index (χ0n) is 14.0. The van der Waals surface area contributed by atoms with Crippen LogP contribution in [0.5, 0.6) is 5.88 Å². The van der Waals surface area contributed by atoms with Gasteiger partial charge in [-0.3, -0.25) is 9.59 Å². The van der Waals surface area contributed by atoms with Gasteiger partial charge in [0.1, 0.15) is 5.69 Å². The average molecular weight is 389 g/mol. The highest BCUT2D eigenvalue weighted by molar-refractivity contribution is 7.10. The molecule has 0 aliphatic heterocycles. The number of thiazole rings is 1. The van der Waals surface area contributed by atoms with E-state index in [2.05, 4.69) is 19.7 Å². The van der Waals surface area contributed by atoms with Crippen LogP contribution in [0, 0.1) is 6.92 Å². The first-order valence-electron chi connectivity index (χ1n) is 7.48. The quantitative estimate of drug-likeness (QED) is 0.667. The molecule has 0 spiro atoms. The van der Waals surface area contributed by atoms with Gasteiger partial charge in [-0.25, -0.2) is 9.97 Å². The van der Waals surface area contributed by atoms with Gasteiger partial charge in [0.2, 0.25) is 5.88 Å². The number of hydrogen-bond acceptors (Lipinski definition) is 8. The summed E-state index contributed by atoms with van der Waals surface area (Å²) in [5.41, 5.74) is 7.14. The highest BCUT2D eigenvalue weighted by Crippen LogP contribution is 2.25. The molecule has 0 aliphatic rings. The summed E-state index contributed by atoms with van der Waals surface area (Å²) < 4.78 is 9.27. The van der Waals surface area contributed by atoms with Crippen LogP contribution in [0.25, 0.3) is 0 Å². The third kappa shape index (κ3) is 3.86. The summed E-state index contributed by atoms with van der Waals surface area (Å²) in [6, 6.07) is 3.37. The number of hydrogen-bond donors (Lipinski definition) is 2. The van der Waals surface area contributed by atoms with Gasteiger partial charge in [0.15, 0.2) is 0 Å². The van der Waals surface area contributed by atoms with Gasteiger partial charge in [0.25, 0.3) is 11.8 Å². The Morgan fingerprint density at radius 3 is 2.77 bits per heavy atom. The normalized spacial score (nSPS) is 10.5. The molecule has 0 atom stereocenters. The first kappa shape index (κ1) is 18.0. The predicted octanol–water partition coefficient (Wildman–Crippen LogP) is 2.25. The van der Waals surface area contributed by atoms with E-state index in [1.165, 1.54) is 36.2 Å². The zero-order chi connectivity index (χ0) is 18.7. The first-order valence-corrected chi connectivity index (χ1v) is 9.14. The van der Waals surface area contributed by atoms with Crippen LogP contribution in [0.3, 0.4) is 0 Å². The lowest BCUT2D eigenvalue weighted by Gasteiger charge is -2.06. The second kappa shape index (κ2) is 7.58. The Labute approximate surface area is 157 Å². The number of anilines is 1. The summed E-state index contributed by atoms with van der Waals surface area (Å²) in [6.07, 6.45) is 1.93. The topological polar surface area (TPSA) is 120 Å². The Kier molecular flexibility index (Phi) is 5.24. The van der Waals surface area contributed by atoms with Crippen molar-refractivity contribution in [1.82, 2.24) is 14.3 Å². The number of nitrogens with two attached hydrogens (primary N) is 1. The highest BCUT2D eigenvalue weighted by Gasteiger charge is 2.20. The van der Waals surface area contributed by atoms with E-state index in [1.807, 2.05) is 0 Å². The Morgan fingerprint density at radius 1 is 1.35 bits per heavy atom. The summed E-state index contributed by atoms with van der Waals surface area (Å²) in [5, 5.41) is 5.11. The molecule has 0 aromatic carbocycles. The third-order valence-corrected chi connectivity index (χ3v) is 5.26. The number of nitrogens with one attached hydrogen (secondary N) is 1. The van der Waals surface area contributed by atoms with E-state index in [0.29, 0.717) is 34.3 Å². The van der Waals surface area contributed by atoms with E-state index in [0.717, 1.165) is 4.88 Å². The Morgan fingerprint density at radius 2 is 2.15 bits per heavy atom. The van der Waals surface area contributed by atoms with Gasteiger partial charge in [-0.05, 0) is 24.5 Å². The van der Waals surface area contributed by atoms with Crippen LogP contribution in [0.4, 0.5) is 5.69 Å². The maximum Gasteiger partial charge on any atom is 0.268 e. The van der Waals surface area contributed by atoms with Crippen LogP contribution >= 0.6 is 22.9 Å². The number of aromatic nitrogens is 3. The molecule has 0 saturated heterocycles. The van der Waals surface area contributed by atoms with Gasteiger partial charge in [0, 0.05) is 22.7 Å². The minimum atomic E-state index is -0.571. The number of nitrogens with zero attached hydrogens (tertiary/aromatic N) is 3. The second-order valence-electron chi connectivity index (χ2n) is 5.28. The van der Waals surface area contributed by atoms with Crippen LogP contribution in [-0.4, -0.2) is 33.3 Å². The molecule has 0 aliphatic carbocycles. The number of aryl methyl sites for hydroxylation is 1.